The Morgan fingerprint density at radius 1 is 0.975 bits per heavy atom. The molecule has 1 atom stereocenters. The monoisotopic (exact) mass is 600 g/mol. The molecule has 2 fully saturated rings. The lowest BCUT2D eigenvalue weighted by atomic mass is 9.84. The Bertz CT molecular complexity index is 1500. The van der Waals surface area contributed by atoms with Crippen LogP contribution in [0.1, 0.15) is 28.7 Å². The largest absolute Gasteiger partial charge is 0.435 e. The van der Waals surface area contributed by atoms with Crippen molar-refractivity contribution in [1.82, 2.24) is 4.90 Å². The van der Waals surface area contributed by atoms with Crippen LogP contribution in [0, 0.1) is 17.6 Å². The van der Waals surface area contributed by atoms with E-state index < -0.39 is 80.2 Å². The van der Waals surface area contributed by atoms with E-state index in [-0.39, 0.29) is 47.9 Å². The highest BCUT2D eigenvalue weighted by atomic mass is 32.2. The molecule has 0 radical (unpaired) electrons. The number of likely N-dealkylation sites (tertiary alicyclic amines) is 1. The van der Waals surface area contributed by atoms with Gasteiger partial charge < -0.3 is 9.74 Å². The van der Waals surface area contributed by atoms with Gasteiger partial charge in [0.15, 0.2) is 27.1 Å². The summed E-state index contributed by atoms with van der Waals surface area (Å²) in [6, 6.07) is 4.63. The molecule has 2 aromatic rings. The minimum absolute atomic E-state index is 0.0102. The Labute approximate surface area is 220 Å². The highest BCUT2D eigenvalue weighted by Gasteiger charge is 2.63. The Kier molecular flexibility index (Phi) is 6.25. The summed E-state index contributed by atoms with van der Waals surface area (Å²) in [6.07, 6.45) is -12.1. The summed E-state index contributed by atoms with van der Waals surface area (Å²) < 4.78 is 147. The van der Waals surface area contributed by atoms with E-state index in [4.69, 9.17) is 0 Å². The van der Waals surface area contributed by atoms with E-state index in [0.717, 1.165) is 4.90 Å². The smallest absolute Gasteiger partial charge is 0.374 e. The fourth-order valence-electron chi connectivity index (χ4n) is 4.91. The molecule has 0 aliphatic carbocycles. The first-order valence-corrected chi connectivity index (χ1v) is 13.3. The molecule has 3 aliphatic heterocycles. The molecule has 16 heteroatoms. The third-order valence-electron chi connectivity index (χ3n) is 7.18. The second kappa shape index (κ2) is 8.85. The van der Waals surface area contributed by atoms with Crippen molar-refractivity contribution in [3.8, 4) is 0 Å². The molecule has 0 N–H and O–H groups in total. The van der Waals surface area contributed by atoms with Crippen LogP contribution in [0.15, 0.2) is 41.6 Å². The van der Waals surface area contributed by atoms with Crippen LogP contribution < -0.4 is 0 Å². The molecule has 1 unspecified atom stereocenters. The Morgan fingerprint density at radius 3 is 2.10 bits per heavy atom. The van der Waals surface area contributed by atoms with Crippen molar-refractivity contribution >= 4 is 21.5 Å². The number of carbonyl (C=O) groups excluding carboxylic acids is 1. The molecular formula is C24H17F9N2O4S. The molecule has 0 spiro atoms. The van der Waals surface area contributed by atoms with E-state index in [1.165, 1.54) is 24.3 Å². The van der Waals surface area contributed by atoms with Gasteiger partial charge in [-0.25, -0.2) is 21.6 Å². The normalized spacial score (nSPS) is 24.1. The van der Waals surface area contributed by atoms with Crippen LogP contribution in [0.2, 0.25) is 0 Å². The van der Waals surface area contributed by atoms with Crippen LogP contribution >= 0.6 is 0 Å². The number of carbonyl (C=O) groups is 1. The minimum atomic E-state index is -5.49. The second-order valence-corrected chi connectivity index (χ2v) is 12.1. The molecule has 0 bridgehead atoms. The van der Waals surface area contributed by atoms with Crippen LogP contribution in [0.25, 0.3) is 0 Å². The van der Waals surface area contributed by atoms with E-state index in [0.29, 0.717) is 0 Å². The molecular weight excluding hydrogens is 583 g/mol. The lowest BCUT2D eigenvalue weighted by Crippen LogP contribution is -2.62. The topological polar surface area (TPSA) is 76.0 Å². The van der Waals surface area contributed by atoms with Crippen molar-refractivity contribution in [2.24, 2.45) is 11.1 Å². The quantitative estimate of drug-likeness (QED) is 0.481. The molecule has 216 valence electrons. The number of halogens is 9. The molecule has 1 amide bonds. The van der Waals surface area contributed by atoms with Crippen LogP contribution in [0.4, 0.5) is 39.5 Å². The molecule has 3 heterocycles. The Hall–Kier alpha value is -3.30. The van der Waals surface area contributed by atoms with E-state index in [2.05, 4.69) is 9.99 Å². The summed E-state index contributed by atoms with van der Waals surface area (Å²) >= 11 is 0. The summed E-state index contributed by atoms with van der Waals surface area (Å²) in [5, 5.41) is 3.36. The zero-order valence-electron chi connectivity index (χ0n) is 19.9. The third-order valence-corrected chi connectivity index (χ3v) is 9.00. The van der Waals surface area contributed by atoms with Gasteiger partial charge in [0.1, 0.15) is 0 Å². The standard InChI is InChI=1S/C24H17F9N2O4S/c25-17-6-15(5-16(19(17)26)23(28,29)30)22(24(31,32)33)7-18(34-39-22)12-1-3-14(4-2-12)21(27)10-35(11-21)20(36)13-8-40(37,38)9-13/h1-6,13H,7-11H2. The van der Waals surface area contributed by atoms with E-state index >= 15 is 4.39 Å². The van der Waals surface area contributed by atoms with Gasteiger partial charge in [-0.2, -0.15) is 26.3 Å². The number of benzene rings is 2. The van der Waals surface area contributed by atoms with Gasteiger partial charge in [0.25, 0.3) is 5.60 Å². The molecule has 6 nitrogen and oxygen atoms in total. The van der Waals surface area contributed by atoms with Gasteiger partial charge in [-0.3, -0.25) is 4.79 Å². The zero-order valence-corrected chi connectivity index (χ0v) is 20.7. The molecule has 2 aromatic carbocycles. The molecule has 3 aliphatic rings. The lowest BCUT2D eigenvalue weighted by molar-refractivity contribution is -0.276. The highest BCUT2D eigenvalue weighted by Crippen LogP contribution is 2.50. The number of rotatable bonds is 4. The van der Waals surface area contributed by atoms with Crippen molar-refractivity contribution in [3.05, 3.63) is 70.3 Å². The number of hydrogen-bond donors (Lipinski definition) is 0. The van der Waals surface area contributed by atoms with Crippen molar-refractivity contribution in [1.29, 1.82) is 0 Å². The SMILES string of the molecule is O=C(C1CS(=O)(=O)C1)N1CC(F)(c2ccc(C3=NOC(c4cc(F)c(F)c(C(F)(F)F)c4)(C(F)(F)F)C3)cc2)C1. The van der Waals surface area contributed by atoms with Crippen molar-refractivity contribution < 1.29 is 57.6 Å². The van der Waals surface area contributed by atoms with E-state index in [9.17, 15) is 48.3 Å². The van der Waals surface area contributed by atoms with Gasteiger partial charge in [0.2, 0.25) is 5.91 Å². The van der Waals surface area contributed by atoms with Crippen LogP contribution in [0.3, 0.4) is 0 Å². The predicted octanol–water partition coefficient (Wildman–Crippen LogP) is 4.62. The molecule has 5 rings (SSSR count). The maximum Gasteiger partial charge on any atom is 0.435 e. The van der Waals surface area contributed by atoms with Crippen LogP contribution in [-0.2, 0) is 36.9 Å². The number of alkyl halides is 7. The molecule has 40 heavy (non-hydrogen) atoms. The number of sulfone groups is 1. The lowest BCUT2D eigenvalue weighted by Gasteiger charge is -2.46. The van der Waals surface area contributed by atoms with E-state index in [1.54, 1.807) is 0 Å². The summed E-state index contributed by atoms with van der Waals surface area (Å²) in [5.74, 6) is -6.35. The fourth-order valence-corrected chi connectivity index (χ4v) is 6.32. The van der Waals surface area contributed by atoms with E-state index in [1.807, 2.05) is 0 Å². The van der Waals surface area contributed by atoms with Crippen molar-refractivity contribution in [2.75, 3.05) is 24.6 Å². The summed E-state index contributed by atoms with van der Waals surface area (Å²) in [6.45, 7) is -0.721. The first-order chi connectivity index (χ1) is 18.4. The van der Waals surface area contributed by atoms with Crippen molar-refractivity contribution in [3.63, 3.8) is 0 Å². The van der Waals surface area contributed by atoms with Crippen molar-refractivity contribution in [2.45, 2.75) is 30.0 Å². The minimum Gasteiger partial charge on any atom is -0.374 e. The van der Waals surface area contributed by atoms with Gasteiger partial charge in [0.05, 0.1) is 41.8 Å². The maximum atomic E-state index is 15.3. The van der Waals surface area contributed by atoms with Gasteiger partial charge in [0, 0.05) is 12.0 Å². The average molecular weight is 600 g/mol. The number of amides is 1. The zero-order chi connectivity index (χ0) is 29.5. The number of nitrogens with zero attached hydrogens (tertiary/aromatic N) is 2. The molecule has 0 saturated carbocycles. The first kappa shape index (κ1) is 28.2. The summed E-state index contributed by atoms with van der Waals surface area (Å²) in [5.41, 5.74) is -9.48. The summed E-state index contributed by atoms with van der Waals surface area (Å²) in [4.78, 5) is 18.0. The number of hydrogen-bond acceptors (Lipinski definition) is 5. The van der Waals surface area contributed by atoms with Gasteiger partial charge >= 0.3 is 12.4 Å². The van der Waals surface area contributed by atoms with Gasteiger partial charge in [-0.15, -0.1) is 0 Å². The van der Waals surface area contributed by atoms with Gasteiger partial charge in [-0.1, -0.05) is 29.4 Å². The molecule has 0 aromatic heterocycles. The van der Waals surface area contributed by atoms with Crippen LogP contribution in [-0.4, -0.2) is 55.7 Å². The van der Waals surface area contributed by atoms with Crippen LogP contribution in [0.5, 0.6) is 0 Å². The Balaban J connectivity index is 1.34. The highest BCUT2D eigenvalue weighted by molar-refractivity contribution is 7.92. The maximum absolute atomic E-state index is 15.3. The fraction of sp³-hybridized carbons (Fsp3) is 0.417. The predicted molar refractivity (Wildman–Crippen MR) is 119 cm³/mol. The third kappa shape index (κ3) is 4.59. The first-order valence-electron chi connectivity index (χ1n) is 11.5. The molecule has 2 saturated heterocycles. The Morgan fingerprint density at radius 2 is 1.57 bits per heavy atom. The summed E-state index contributed by atoms with van der Waals surface area (Å²) in [7, 11) is -3.25. The second-order valence-electron chi connectivity index (χ2n) is 9.96. The number of oxime groups is 1. The van der Waals surface area contributed by atoms with Gasteiger partial charge in [-0.05, 0) is 23.3 Å². The average Bonchev–Trinajstić information content (AvgIpc) is 3.28.